The SMILES string of the molecule is C=C1/C=C\c2cccnc2C/N=C\C=C/1C. The molecule has 0 spiro atoms. The highest BCUT2D eigenvalue weighted by atomic mass is 14.8. The molecule has 1 aliphatic heterocycles. The van der Waals surface area contributed by atoms with Crippen molar-refractivity contribution in [2.75, 3.05) is 0 Å². The fourth-order valence-electron chi connectivity index (χ4n) is 1.47. The highest BCUT2D eigenvalue weighted by molar-refractivity contribution is 5.74. The first-order valence-corrected chi connectivity index (χ1v) is 5.25. The second-order valence-corrected chi connectivity index (χ2v) is 3.74. The fourth-order valence-corrected chi connectivity index (χ4v) is 1.47. The van der Waals surface area contributed by atoms with E-state index in [0.717, 1.165) is 22.4 Å². The molecule has 1 aromatic heterocycles. The Bertz CT molecular complexity index is 493. The van der Waals surface area contributed by atoms with E-state index in [1.807, 2.05) is 43.5 Å². The zero-order chi connectivity index (χ0) is 11.4. The van der Waals surface area contributed by atoms with Crippen LogP contribution in [0.15, 0.2) is 53.2 Å². The van der Waals surface area contributed by atoms with E-state index < -0.39 is 0 Å². The van der Waals surface area contributed by atoms with Crippen molar-refractivity contribution in [2.24, 2.45) is 4.99 Å². The second-order valence-electron chi connectivity index (χ2n) is 3.74. The van der Waals surface area contributed by atoms with Crippen molar-refractivity contribution in [2.45, 2.75) is 13.5 Å². The molecule has 1 aromatic rings. The molecule has 16 heavy (non-hydrogen) atoms. The topological polar surface area (TPSA) is 25.2 Å². The van der Waals surface area contributed by atoms with Crippen LogP contribution in [0.3, 0.4) is 0 Å². The van der Waals surface area contributed by atoms with Gasteiger partial charge in [-0.25, -0.2) is 0 Å². The van der Waals surface area contributed by atoms with Crippen LogP contribution in [-0.2, 0) is 6.54 Å². The molecular weight excluding hydrogens is 196 g/mol. The molecular formula is C14H14N2. The molecule has 80 valence electrons. The van der Waals surface area contributed by atoms with Gasteiger partial charge in [-0.2, -0.15) is 0 Å². The van der Waals surface area contributed by atoms with Gasteiger partial charge in [0.25, 0.3) is 0 Å². The van der Waals surface area contributed by atoms with Gasteiger partial charge in [0.05, 0.1) is 12.2 Å². The van der Waals surface area contributed by atoms with Gasteiger partial charge < -0.3 is 0 Å². The highest BCUT2D eigenvalue weighted by Gasteiger charge is 2.00. The summed E-state index contributed by atoms with van der Waals surface area (Å²) < 4.78 is 0. The van der Waals surface area contributed by atoms with Gasteiger partial charge in [0.1, 0.15) is 0 Å². The van der Waals surface area contributed by atoms with E-state index in [0.29, 0.717) is 6.54 Å². The Morgan fingerprint density at radius 3 is 3.06 bits per heavy atom. The van der Waals surface area contributed by atoms with Crippen molar-refractivity contribution in [1.29, 1.82) is 0 Å². The molecule has 0 atom stereocenters. The molecule has 0 saturated carbocycles. The first-order valence-electron chi connectivity index (χ1n) is 5.25. The van der Waals surface area contributed by atoms with Crippen LogP contribution in [0.1, 0.15) is 18.2 Å². The average Bonchev–Trinajstić information content (AvgIpc) is 2.32. The first kappa shape index (κ1) is 10.6. The molecule has 2 heteroatoms. The van der Waals surface area contributed by atoms with Crippen LogP contribution in [-0.4, -0.2) is 11.2 Å². The number of aromatic nitrogens is 1. The van der Waals surface area contributed by atoms with E-state index in [4.69, 9.17) is 0 Å². The van der Waals surface area contributed by atoms with E-state index in [2.05, 4.69) is 16.6 Å². The third-order valence-electron chi connectivity index (χ3n) is 2.57. The molecule has 0 aromatic carbocycles. The maximum atomic E-state index is 4.32. The minimum absolute atomic E-state index is 0.622. The summed E-state index contributed by atoms with van der Waals surface area (Å²) in [6, 6.07) is 3.98. The lowest BCUT2D eigenvalue weighted by Crippen LogP contribution is -1.93. The van der Waals surface area contributed by atoms with Crippen LogP contribution in [0.5, 0.6) is 0 Å². The van der Waals surface area contributed by atoms with Gasteiger partial charge in [-0.3, -0.25) is 9.98 Å². The Morgan fingerprint density at radius 1 is 1.31 bits per heavy atom. The maximum absolute atomic E-state index is 4.32. The van der Waals surface area contributed by atoms with Crippen LogP contribution in [0.4, 0.5) is 0 Å². The van der Waals surface area contributed by atoms with Crippen LogP contribution in [0.25, 0.3) is 6.08 Å². The van der Waals surface area contributed by atoms with E-state index in [1.165, 1.54) is 0 Å². The number of hydrogen-bond acceptors (Lipinski definition) is 2. The van der Waals surface area contributed by atoms with Crippen molar-refractivity contribution in [3.8, 4) is 0 Å². The number of allylic oxidation sites excluding steroid dienone is 4. The second kappa shape index (κ2) is 4.71. The summed E-state index contributed by atoms with van der Waals surface area (Å²) in [7, 11) is 0. The smallest absolute Gasteiger partial charge is 0.0817 e. The molecule has 0 saturated heterocycles. The van der Waals surface area contributed by atoms with Crippen molar-refractivity contribution < 1.29 is 0 Å². The van der Waals surface area contributed by atoms with E-state index in [9.17, 15) is 0 Å². The quantitative estimate of drug-likeness (QED) is 0.645. The van der Waals surface area contributed by atoms with Crippen LogP contribution in [0.2, 0.25) is 0 Å². The minimum Gasteiger partial charge on any atom is -0.287 e. The third-order valence-corrected chi connectivity index (χ3v) is 2.57. The largest absolute Gasteiger partial charge is 0.287 e. The predicted molar refractivity (Wildman–Crippen MR) is 68.4 cm³/mol. The summed E-state index contributed by atoms with van der Waals surface area (Å²) in [4.78, 5) is 8.64. The van der Waals surface area contributed by atoms with E-state index in [1.54, 1.807) is 6.20 Å². The molecule has 0 aliphatic carbocycles. The molecule has 0 amide bonds. The molecule has 2 heterocycles. The Kier molecular flexibility index (Phi) is 3.10. The highest BCUT2D eigenvalue weighted by Crippen LogP contribution is 2.14. The number of aliphatic imine (C=N–C) groups is 1. The maximum Gasteiger partial charge on any atom is 0.0817 e. The molecule has 2 nitrogen and oxygen atoms in total. The van der Waals surface area contributed by atoms with Crippen molar-refractivity contribution >= 4 is 12.3 Å². The molecule has 0 N–H and O–H groups in total. The minimum atomic E-state index is 0.622. The molecule has 0 radical (unpaired) electrons. The lowest BCUT2D eigenvalue weighted by Gasteiger charge is -2.04. The van der Waals surface area contributed by atoms with Gasteiger partial charge in [-0.1, -0.05) is 24.8 Å². The van der Waals surface area contributed by atoms with Crippen molar-refractivity contribution in [3.05, 3.63) is 59.5 Å². The Balaban J connectivity index is 2.43. The van der Waals surface area contributed by atoms with Crippen molar-refractivity contribution in [3.63, 3.8) is 0 Å². The van der Waals surface area contributed by atoms with Gasteiger partial charge >= 0.3 is 0 Å². The number of hydrogen-bond donors (Lipinski definition) is 0. The fraction of sp³-hybridized carbons (Fsp3) is 0.143. The molecule has 1 aliphatic rings. The predicted octanol–water partition coefficient (Wildman–Crippen LogP) is 3.18. The van der Waals surface area contributed by atoms with Gasteiger partial charge in [-0.15, -0.1) is 0 Å². The van der Waals surface area contributed by atoms with Crippen LogP contribution in [0, 0.1) is 0 Å². The molecule has 2 rings (SSSR count). The van der Waals surface area contributed by atoms with E-state index >= 15 is 0 Å². The number of nitrogens with zero attached hydrogens (tertiary/aromatic N) is 2. The van der Waals surface area contributed by atoms with Gasteiger partial charge in [0.15, 0.2) is 0 Å². The summed E-state index contributed by atoms with van der Waals surface area (Å²) in [6.45, 7) is 6.66. The monoisotopic (exact) mass is 210 g/mol. The summed E-state index contributed by atoms with van der Waals surface area (Å²) >= 11 is 0. The number of fused-ring (bicyclic) bond motifs is 1. The summed E-state index contributed by atoms with van der Waals surface area (Å²) in [6.07, 6.45) is 9.65. The van der Waals surface area contributed by atoms with Gasteiger partial charge in [0.2, 0.25) is 0 Å². The normalized spacial score (nSPS) is 22.8. The third kappa shape index (κ3) is 2.34. The van der Waals surface area contributed by atoms with Crippen molar-refractivity contribution in [1.82, 2.24) is 4.98 Å². The van der Waals surface area contributed by atoms with Crippen LogP contribution < -0.4 is 0 Å². The van der Waals surface area contributed by atoms with Gasteiger partial charge in [-0.05, 0) is 35.8 Å². The lowest BCUT2D eigenvalue weighted by atomic mass is 10.1. The Morgan fingerprint density at radius 2 is 2.19 bits per heavy atom. The molecule has 0 fully saturated rings. The Hall–Kier alpha value is -1.96. The first-order chi connectivity index (χ1) is 7.77. The van der Waals surface area contributed by atoms with Gasteiger partial charge in [0, 0.05) is 12.4 Å². The summed E-state index contributed by atoms with van der Waals surface area (Å²) in [5.41, 5.74) is 4.24. The molecule has 0 unspecified atom stereocenters. The molecule has 0 bridgehead atoms. The zero-order valence-electron chi connectivity index (χ0n) is 9.35. The summed E-state index contributed by atoms with van der Waals surface area (Å²) in [5.74, 6) is 0. The van der Waals surface area contributed by atoms with Crippen LogP contribution >= 0.6 is 0 Å². The average molecular weight is 210 g/mol. The number of rotatable bonds is 0. The van der Waals surface area contributed by atoms with E-state index in [-0.39, 0.29) is 0 Å². The lowest BCUT2D eigenvalue weighted by molar-refractivity contribution is 0.990. The number of pyridine rings is 1. The Labute approximate surface area is 95.8 Å². The summed E-state index contributed by atoms with van der Waals surface area (Å²) in [5, 5.41) is 0. The zero-order valence-corrected chi connectivity index (χ0v) is 9.35. The standard InChI is InChI=1S/C14H14N2/c1-11-5-6-13-4-3-8-16-14(13)10-15-9-7-12(11)2/h3-9H,1,10H2,2H3/b6-5-,12-7-,15-9-.